The molecule has 0 amide bonds. The number of aliphatic hydroxyl groups excluding tert-OH is 1. The molecule has 0 aromatic rings. The van der Waals surface area contributed by atoms with Crippen molar-refractivity contribution >= 4 is 0 Å². The van der Waals surface area contributed by atoms with E-state index in [-0.39, 0.29) is 6.10 Å². The van der Waals surface area contributed by atoms with Gasteiger partial charge in [-0.2, -0.15) is 0 Å². The number of hydrogen-bond acceptors (Lipinski definition) is 2. The summed E-state index contributed by atoms with van der Waals surface area (Å²) in [6, 6.07) is 0. The SMILES string of the molecule is C#CC1OC1(C)[C@@H](C)O. The second-order valence-corrected chi connectivity index (χ2v) is 2.52. The normalized spacial score (nSPS) is 43.6. The third-order valence-corrected chi connectivity index (χ3v) is 1.82. The zero-order valence-electron chi connectivity index (χ0n) is 5.59. The van der Waals surface area contributed by atoms with Gasteiger partial charge >= 0.3 is 0 Å². The first-order valence-corrected chi connectivity index (χ1v) is 2.93. The van der Waals surface area contributed by atoms with Gasteiger partial charge in [0.05, 0.1) is 6.10 Å². The van der Waals surface area contributed by atoms with Crippen LogP contribution < -0.4 is 0 Å². The van der Waals surface area contributed by atoms with Crippen LogP contribution in [0, 0.1) is 12.3 Å². The molecule has 0 aromatic heterocycles. The average molecular weight is 126 g/mol. The Morgan fingerprint density at radius 1 is 1.89 bits per heavy atom. The smallest absolute Gasteiger partial charge is 0.150 e. The average Bonchev–Trinajstić information content (AvgIpc) is 2.44. The Balaban J connectivity index is 2.54. The summed E-state index contributed by atoms with van der Waals surface area (Å²) in [5.41, 5.74) is -0.464. The third kappa shape index (κ3) is 0.827. The molecule has 50 valence electrons. The summed E-state index contributed by atoms with van der Waals surface area (Å²) in [5.74, 6) is 2.43. The Labute approximate surface area is 54.8 Å². The summed E-state index contributed by atoms with van der Waals surface area (Å²) in [6.45, 7) is 3.49. The van der Waals surface area contributed by atoms with E-state index in [1.54, 1.807) is 6.92 Å². The van der Waals surface area contributed by atoms with Gasteiger partial charge in [-0.15, -0.1) is 6.42 Å². The van der Waals surface area contributed by atoms with E-state index >= 15 is 0 Å². The van der Waals surface area contributed by atoms with Crippen molar-refractivity contribution in [2.24, 2.45) is 0 Å². The van der Waals surface area contributed by atoms with Gasteiger partial charge in [0.1, 0.15) is 11.7 Å². The minimum Gasteiger partial charge on any atom is -0.390 e. The maximum atomic E-state index is 9.03. The van der Waals surface area contributed by atoms with Crippen LogP contribution in [0.2, 0.25) is 0 Å². The second kappa shape index (κ2) is 1.73. The lowest BCUT2D eigenvalue weighted by atomic mass is 10.0. The lowest BCUT2D eigenvalue weighted by Gasteiger charge is -2.06. The van der Waals surface area contributed by atoms with E-state index in [2.05, 4.69) is 5.92 Å². The lowest BCUT2D eigenvalue weighted by molar-refractivity contribution is 0.101. The molecule has 1 aliphatic rings. The Kier molecular flexibility index (Phi) is 1.27. The molecule has 0 saturated carbocycles. The van der Waals surface area contributed by atoms with Gasteiger partial charge in [-0.05, 0) is 13.8 Å². The Morgan fingerprint density at radius 2 is 2.44 bits per heavy atom. The molecule has 1 heterocycles. The van der Waals surface area contributed by atoms with E-state index in [9.17, 15) is 0 Å². The molecular formula is C7H10O2. The van der Waals surface area contributed by atoms with Crippen LogP contribution in [-0.4, -0.2) is 22.9 Å². The fraction of sp³-hybridized carbons (Fsp3) is 0.714. The fourth-order valence-corrected chi connectivity index (χ4v) is 0.737. The van der Waals surface area contributed by atoms with Crippen molar-refractivity contribution in [3.8, 4) is 12.3 Å². The summed E-state index contributed by atoms with van der Waals surface area (Å²) in [4.78, 5) is 0. The first-order chi connectivity index (χ1) is 4.11. The molecule has 1 rings (SSSR count). The maximum Gasteiger partial charge on any atom is 0.150 e. The fourth-order valence-electron chi connectivity index (χ4n) is 0.737. The quantitative estimate of drug-likeness (QED) is 0.401. The highest BCUT2D eigenvalue weighted by Gasteiger charge is 2.55. The molecule has 1 N–H and O–H groups in total. The number of ether oxygens (including phenoxy) is 1. The molecule has 1 saturated heterocycles. The molecule has 2 heteroatoms. The maximum absolute atomic E-state index is 9.03. The summed E-state index contributed by atoms with van der Waals surface area (Å²) in [5, 5.41) is 9.03. The first-order valence-electron chi connectivity index (χ1n) is 2.93. The molecule has 2 unspecified atom stereocenters. The summed E-state index contributed by atoms with van der Waals surface area (Å²) >= 11 is 0. The highest BCUT2D eigenvalue weighted by Crippen LogP contribution is 2.38. The van der Waals surface area contributed by atoms with Crippen molar-refractivity contribution in [3.05, 3.63) is 0 Å². The van der Waals surface area contributed by atoms with Crippen molar-refractivity contribution in [2.75, 3.05) is 0 Å². The van der Waals surface area contributed by atoms with Crippen molar-refractivity contribution in [1.29, 1.82) is 0 Å². The van der Waals surface area contributed by atoms with Crippen LogP contribution in [0.3, 0.4) is 0 Å². The minimum absolute atomic E-state index is 0.183. The van der Waals surface area contributed by atoms with E-state index in [0.29, 0.717) is 0 Å². The number of epoxide rings is 1. The number of aliphatic hydroxyl groups is 1. The van der Waals surface area contributed by atoms with E-state index in [1.807, 2.05) is 6.92 Å². The monoisotopic (exact) mass is 126 g/mol. The molecule has 2 nitrogen and oxygen atoms in total. The molecule has 0 aliphatic carbocycles. The Morgan fingerprint density at radius 3 is 2.56 bits per heavy atom. The Bertz CT molecular complexity index is 157. The van der Waals surface area contributed by atoms with Crippen molar-refractivity contribution in [2.45, 2.75) is 31.7 Å². The Hall–Kier alpha value is -0.520. The zero-order valence-corrected chi connectivity index (χ0v) is 5.59. The van der Waals surface area contributed by atoms with Crippen LogP contribution >= 0.6 is 0 Å². The molecular weight excluding hydrogens is 116 g/mol. The van der Waals surface area contributed by atoms with Gasteiger partial charge in [0, 0.05) is 0 Å². The molecule has 1 aliphatic heterocycles. The molecule has 9 heavy (non-hydrogen) atoms. The topological polar surface area (TPSA) is 32.8 Å². The highest BCUT2D eigenvalue weighted by atomic mass is 16.6. The van der Waals surface area contributed by atoms with E-state index in [0.717, 1.165) is 0 Å². The van der Waals surface area contributed by atoms with Crippen molar-refractivity contribution in [1.82, 2.24) is 0 Å². The lowest BCUT2D eigenvalue weighted by Crippen LogP contribution is -2.25. The minimum atomic E-state index is -0.474. The number of rotatable bonds is 1. The van der Waals surface area contributed by atoms with Crippen LogP contribution in [0.1, 0.15) is 13.8 Å². The molecule has 1 fully saturated rings. The van der Waals surface area contributed by atoms with Crippen LogP contribution in [0.5, 0.6) is 0 Å². The van der Waals surface area contributed by atoms with Crippen LogP contribution in [0.25, 0.3) is 0 Å². The molecule has 0 bridgehead atoms. The molecule has 0 aromatic carbocycles. The van der Waals surface area contributed by atoms with Gasteiger partial charge in [-0.1, -0.05) is 5.92 Å². The highest BCUT2D eigenvalue weighted by molar-refractivity contribution is 5.17. The van der Waals surface area contributed by atoms with Crippen molar-refractivity contribution in [3.63, 3.8) is 0 Å². The van der Waals surface area contributed by atoms with Gasteiger partial charge in [0.15, 0.2) is 0 Å². The van der Waals surface area contributed by atoms with Crippen LogP contribution in [-0.2, 0) is 4.74 Å². The second-order valence-electron chi connectivity index (χ2n) is 2.52. The molecule has 0 radical (unpaired) electrons. The van der Waals surface area contributed by atoms with Gasteiger partial charge in [0.2, 0.25) is 0 Å². The number of hydrogen-bond donors (Lipinski definition) is 1. The molecule has 0 spiro atoms. The predicted octanol–water partition coefficient (Wildman–Crippen LogP) is 0.158. The van der Waals surface area contributed by atoms with Gasteiger partial charge in [-0.25, -0.2) is 0 Å². The van der Waals surface area contributed by atoms with Crippen LogP contribution in [0.15, 0.2) is 0 Å². The van der Waals surface area contributed by atoms with Gasteiger partial charge < -0.3 is 9.84 Å². The molecule has 3 atom stereocenters. The standard InChI is InChI=1S/C7H10O2/c1-4-6-7(3,9-6)5(2)8/h1,5-6,8H,2-3H3/t5-,6?,7?/m1/s1. The first kappa shape index (κ1) is 6.60. The van der Waals surface area contributed by atoms with E-state index in [4.69, 9.17) is 16.3 Å². The van der Waals surface area contributed by atoms with Gasteiger partial charge in [-0.3, -0.25) is 0 Å². The van der Waals surface area contributed by atoms with E-state index in [1.165, 1.54) is 0 Å². The summed E-state index contributed by atoms with van der Waals surface area (Å²) in [6.07, 6.45) is 4.40. The summed E-state index contributed by atoms with van der Waals surface area (Å²) < 4.78 is 5.03. The number of terminal acetylenes is 1. The summed E-state index contributed by atoms with van der Waals surface area (Å²) in [7, 11) is 0. The van der Waals surface area contributed by atoms with Crippen LogP contribution in [0.4, 0.5) is 0 Å². The third-order valence-electron chi connectivity index (χ3n) is 1.82. The largest absolute Gasteiger partial charge is 0.390 e. The predicted molar refractivity (Wildman–Crippen MR) is 33.8 cm³/mol. The van der Waals surface area contributed by atoms with E-state index < -0.39 is 11.7 Å². The van der Waals surface area contributed by atoms with Crippen molar-refractivity contribution < 1.29 is 9.84 Å². The zero-order chi connectivity index (χ0) is 7.07. The van der Waals surface area contributed by atoms with Gasteiger partial charge in [0.25, 0.3) is 0 Å².